The number of halogens is 3. The molecule has 0 unspecified atom stereocenters. The first kappa shape index (κ1) is 15.2. The number of rotatable bonds is 2. The molecular formula is C19H13F2I. The van der Waals surface area contributed by atoms with Gasteiger partial charge in [-0.3, -0.25) is 0 Å². The molecule has 3 aromatic carbocycles. The molecule has 0 radical (unpaired) electrons. The van der Waals surface area contributed by atoms with Crippen LogP contribution in [0.25, 0.3) is 22.3 Å². The van der Waals surface area contributed by atoms with Gasteiger partial charge in [-0.1, -0.05) is 36.4 Å². The highest BCUT2D eigenvalue weighted by Gasteiger charge is 2.10. The van der Waals surface area contributed by atoms with Crippen LogP contribution in [-0.2, 0) is 0 Å². The van der Waals surface area contributed by atoms with Gasteiger partial charge in [-0.05, 0) is 70.5 Å². The van der Waals surface area contributed by atoms with Crippen molar-refractivity contribution in [1.29, 1.82) is 0 Å². The molecule has 3 heteroatoms. The van der Waals surface area contributed by atoms with Gasteiger partial charge >= 0.3 is 0 Å². The second-order valence-electron chi connectivity index (χ2n) is 5.18. The van der Waals surface area contributed by atoms with Gasteiger partial charge < -0.3 is 0 Å². The lowest BCUT2D eigenvalue weighted by Crippen LogP contribution is -1.90. The van der Waals surface area contributed by atoms with Crippen molar-refractivity contribution in [1.82, 2.24) is 0 Å². The van der Waals surface area contributed by atoms with Crippen LogP contribution >= 0.6 is 22.6 Å². The molecule has 0 aliphatic rings. The molecule has 0 spiro atoms. The van der Waals surface area contributed by atoms with Crippen molar-refractivity contribution in [2.75, 3.05) is 0 Å². The zero-order valence-corrected chi connectivity index (χ0v) is 14.1. The Bertz CT molecular complexity index is 823. The van der Waals surface area contributed by atoms with Gasteiger partial charge in [-0.15, -0.1) is 0 Å². The Labute approximate surface area is 142 Å². The lowest BCUT2D eigenvalue weighted by molar-refractivity contribution is 0.626. The molecule has 110 valence electrons. The first-order valence-electron chi connectivity index (χ1n) is 6.86. The minimum Gasteiger partial charge on any atom is -0.206 e. The van der Waals surface area contributed by atoms with E-state index < -0.39 is 0 Å². The van der Waals surface area contributed by atoms with Gasteiger partial charge in [0, 0.05) is 14.7 Å². The third-order valence-electron chi connectivity index (χ3n) is 3.56. The van der Waals surface area contributed by atoms with Gasteiger partial charge in [0.05, 0.1) is 0 Å². The van der Waals surface area contributed by atoms with E-state index >= 15 is 0 Å². The van der Waals surface area contributed by atoms with Crippen LogP contribution in [0.3, 0.4) is 0 Å². The lowest BCUT2D eigenvalue weighted by atomic mass is 9.99. The highest BCUT2D eigenvalue weighted by atomic mass is 127. The molecule has 0 atom stereocenters. The van der Waals surface area contributed by atoms with Crippen LogP contribution in [0.15, 0.2) is 60.7 Å². The predicted octanol–water partition coefficient (Wildman–Crippen LogP) is 6.21. The summed E-state index contributed by atoms with van der Waals surface area (Å²) in [4.78, 5) is 0. The minimum atomic E-state index is -0.348. The Morgan fingerprint density at radius 3 is 1.86 bits per heavy atom. The summed E-state index contributed by atoms with van der Waals surface area (Å²) >= 11 is 2.21. The Kier molecular flexibility index (Phi) is 4.25. The maximum atomic E-state index is 14.4. The molecule has 0 saturated carbocycles. The highest BCUT2D eigenvalue weighted by Crippen LogP contribution is 2.30. The van der Waals surface area contributed by atoms with E-state index in [9.17, 15) is 8.78 Å². The fourth-order valence-corrected chi connectivity index (χ4v) is 2.76. The van der Waals surface area contributed by atoms with Crippen molar-refractivity contribution < 1.29 is 8.78 Å². The van der Waals surface area contributed by atoms with E-state index in [1.165, 1.54) is 12.1 Å². The molecule has 0 aliphatic heterocycles. The van der Waals surface area contributed by atoms with Gasteiger partial charge in [0.25, 0.3) is 0 Å². The van der Waals surface area contributed by atoms with E-state index in [-0.39, 0.29) is 11.6 Å². The van der Waals surface area contributed by atoms with Crippen LogP contribution in [0.5, 0.6) is 0 Å². The molecule has 0 fully saturated rings. The first-order valence-corrected chi connectivity index (χ1v) is 7.94. The molecule has 3 rings (SSSR count). The molecule has 0 aliphatic carbocycles. The molecular weight excluding hydrogens is 393 g/mol. The average molecular weight is 406 g/mol. The van der Waals surface area contributed by atoms with Crippen LogP contribution in [0.4, 0.5) is 8.78 Å². The lowest BCUT2D eigenvalue weighted by Gasteiger charge is -2.08. The standard InChI is InChI=1S/C19H13F2I/c1-12-2-8-17(18(20)10-12)14-5-9-16(19(21)11-14)13-3-6-15(22)7-4-13/h2-11H,1H3. The van der Waals surface area contributed by atoms with Crippen molar-refractivity contribution in [3.63, 3.8) is 0 Å². The van der Waals surface area contributed by atoms with Crippen LogP contribution in [-0.4, -0.2) is 0 Å². The molecule has 0 aromatic heterocycles. The van der Waals surface area contributed by atoms with E-state index in [0.717, 1.165) is 14.7 Å². The minimum absolute atomic E-state index is 0.332. The number of aryl methyl sites for hydroxylation is 1. The van der Waals surface area contributed by atoms with E-state index in [1.54, 1.807) is 18.2 Å². The maximum Gasteiger partial charge on any atom is 0.131 e. The summed E-state index contributed by atoms with van der Waals surface area (Å²) in [6, 6.07) is 17.4. The van der Waals surface area contributed by atoms with E-state index in [2.05, 4.69) is 22.6 Å². The molecule has 0 N–H and O–H groups in total. The smallest absolute Gasteiger partial charge is 0.131 e. The van der Waals surface area contributed by atoms with Gasteiger partial charge in [0.1, 0.15) is 11.6 Å². The zero-order valence-electron chi connectivity index (χ0n) is 11.9. The quantitative estimate of drug-likeness (QED) is 0.444. The Morgan fingerprint density at radius 1 is 0.682 bits per heavy atom. The fourth-order valence-electron chi connectivity index (χ4n) is 2.40. The van der Waals surface area contributed by atoms with E-state index in [0.29, 0.717) is 16.7 Å². The van der Waals surface area contributed by atoms with Crippen molar-refractivity contribution in [3.05, 3.63) is 81.4 Å². The van der Waals surface area contributed by atoms with Crippen molar-refractivity contribution >= 4 is 22.6 Å². The second kappa shape index (κ2) is 6.16. The summed E-state index contributed by atoms with van der Waals surface area (Å²) in [7, 11) is 0. The Hall–Kier alpha value is -1.75. The summed E-state index contributed by atoms with van der Waals surface area (Å²) in [5.74, 6) is -0.680. The second-order valence-corrected chi connectivity index (χ2v) is 6.43. The van der Waals surface area contributed by atoms with Crippen molar-refractivity contribution in [3.8, 4) is 22.3 Å². The van der Waals surface area contributed by atoms with Crippen LogP contribution in [0.2, 0.25) is 0 Å². The zero-order chi connectivity index (χ0) is 15.7. The highest BCUT2D eigenvalue weighted by molar-refractivity contribution is 14.1. The molecule has 0 bridgehead atoms. The maximum absolute atomic E-state index is 14.4. The van der Waals surface area contributed by atoms with Gasteiger partial charge in [-0.2, -0.15) is 0 Å². The van der Waals surface area contributed by atoms with Crippen LogP contribution in [0.1, 0.15) is 5.56 Å². The third-order valence-corrected chi connectivity index (χ3v) is 4.28. The molecule has 22 heavy (non-hydrogen) atoms. The monoisotopic (exact) mass is 406 g/mol. The molecule has 0 heterocycles. The van der Waals surface area contributed by atoms with Crippen molar-refractivity contribution in [2.45, 2.75) is 6.92 Å². The normalized spacial score (nSPS) is 10.7. The largest absolute Gasteiger partial charge is 0.206 e. The fraction of sp³-hybridized carbons (Fsp3) is 0.0526. The number of benzene rings is 3. The summed E-state index contributed by atoms with van der Waals surface area (Å²) < 4.78 is 29.5. The Balaban J connectivity index is 2.03. The van der Waals surface area contributed by atoms with E-state index in [1.807, 2.05) is 37.3 Å². The summed E-state index contributed by atoms with van der Waals surface area (Å²) in [5, 5.41) is 0. The van der Waals surface area contributed by atoms with Crippen LogP contribution in [0, 0.1) is 22.1 Å². The van der Waals surface area contributed by atoms with Gasteiger partial charge in [0.2, 0.25) is 0 Å². The topological polar surface area (TPSA) is 0 Å². The Morgan fingerprint density at radius 2 is 1.23 bits per heavy atom. The molecule has 0 nitrogen and oxygen atoms in total. The number of hydrogen-bond donors (Lipinski definition) is 0. The number of hydrogen-bond acceptors (Lipinski definition) is 0. The molecule has 0 amide bonds. The summed E-state index contributed by atoms with van der Waals surface area (Å²) in [5.41, 5.74) is 3.14. The van der Waals surface area contributed by atoms with Gasteiger partial charge in [-0.25, -0.2) is 8.78 Å². The van der Waals surface area contributed by atoms with Gasteiger partial charge in [0.15, 0.2) is 0 Å². The molecule has 3 aromatic rings. The summed E-state index contributed by atoms with van der Waals surface area (Å²) in [6.45, 7) is 1.83. The summed E-state index contributed by atoms with van der Waals surface area (Å²) in [6.07, 6.45) is 0. The average Bonchev–Trinajstić information content (AvgIpc) is 2.48. The third kappa shape index (κ3) is 3.04. The molecule has 0 saturated heterocycles. The predicted molar refractivity (Wildman–Crippen MR) is 94.7 cm³/mol. The van der Waals surface area contributed by atoms with E-state index in [4.69, 9.17) is 0 Å². The van der Waals surface area contributed by atoms with Crippen LogP contribution < -0.4 is 0 Å². The first-order chi connectivity index (χ1) is 10.5. The SMILES string of the molecule is Cc1ccc(-c2ccc(-c3ccc(I)cc3)c(F)c2)c(F)c1. The van der Waals surface area contributed by atoms with Crippen molar-refractivity contribution in [2.24, 2.45) is 0 Å².